The second kappa shape index (κ2) is 9.66. The number of benzene rings is 2. The van der Waals surface area contributed by atoms with Crippen LogP contribution >= 0.6 is 0 Å². The maximum Gasteiger partial charge on any atom is 0.228 e. The molecule has 0 aliphatic heterocycles. The Morgan fingerprint density at radius 3 is 2.57 bits per heavy atom. The zero-order chi connectivity index (χ0) is 27.0. The molecule has 0 saturated heterocycles. The van der Waals surface area contributed by atoms with Crippen molar-refractivity contribution < 1.29 is 13.9 Å². The molecule has 0 bridgehead atoms. The van der Waals surface area contributed by atoms with Crippen molar-refractivity contribution in [2.75, 3.05) is 5.32 Å². The number of amides is 1. The fraction of sp³-hybridized carbons (Fsp3) is 0.310. The molecular weight excluding hydrogens is 469 g/mol. The van der Waals surface area contributed by atoms with Gasteiger partial charge in [0.2, 0.25) is 5.91 Å². The fourth-order valence-corrected chi connectivity index (χ4v) is 3.88. The van der Waals surface area contributed by atoms with Crippen LogP contribution in [0.1, 0.15) is 51.3 Å². The zero-order valence-corrected chi connectivity index (χ0v) is 21.9. The van der Waals surface area contributed by atoms with Crippen LogP contribution in [0.3, 0.4) is 0 Å². The molecule has 1 amide bonds. The van der Waals surface area contributed by atoms with E-state index in [1.807, 2.05) is 52.8 Å². The van der Waals surface area contributed by atoms with Gasteiger partial charge in [-0.3, -0.25) is 14.5 Å². The van der Waals surface area contributed by atoms with Crippen molar-refractivity contribution in [3.8, 4) is 17.6 Å². The normalized spacial score (nSPS) is 11.8. The third-order valence-electron chi connectivity index (χ3n) is 6.17. The molecule has 2 aromatic carbocycles. The highest BCUT2D eigenvalue weighted by atomic mass is 19.1. The van der Waals surface area contributed by atoms with E-state index in [0.717, 1.165) is 10.9 Å². The first kappa shape index (κ1) is 25.8. The van der Waals surface area contributed by atoms with Gasteiger partial charge in [0.15, 0.2) is 0 Å². The minimum Gasteiger partial charge on any atom is -0.456 e. The van der Waals surface area contributed by atoms with Crippen LogP contribution in [-0.2, 0) is 22.2 Å². The van der Waals surface area contributed by atoms with Gasteiger partial charge in [-0.2, -0.15) is 10.4 Å². The van der Waals surface area contributed by atoms with Crippen LogP contribution in [0.25, 0.3) is 10.9 Å². The number of rotatable bonds is 6. The summed E-state index contributed by atoms with van der Waals surface area (Å²) in [4.78, 5) is 17.0. The molecule has 0 radical (unpaired) electrons. The minimum atomic E-state index is -0.684. The number of nitriles is 1. The van der Waals surface area contributed by atoms with E-state index >= 15 is 4.39 Å². The molecular formula is C29H30FN5O2. The molecule has 190 valence electrons. The molecule has 0 fully saturated rings. The van der Waals surface area contributed by atoms with Gasteiger partial charge in [0, 0.05) is 23.8 Å². The van der Waals surface area contributed by atoms with Crippen molar-refractivity contribution in [2.24, 2.45) is 0 Å². The van der Waals surface area contributed by atoms with Crippen LogP contribution < -0.4 is 10.1 Å². The van der Waals surface area contributed by atoms with E-state index in [0.29, 0.717) is 28.3 Å². The van der Waals surface area contributed by atoms with Gasteiger partial charge in [-0.05, 0) is 82.5 Å². The zero-order valence-electron chi connectivity index (χ0n) is 21.9. The van der Waals surface area contributed by atoms with Crippen LogP contribution in [0.15, 0.2) is 55.0 Å². The molecule has 0 spiro atoms. The number of fused-ring (bicyclic) bond motifs is 1. The van der Waals surface area contributed by atoms with E-state index in [4.69, 9.17) is 4.74 Å². The Morgan fingerprint density at radius 2 is 1.89 bits per heavy atom. The summed E-state index contributed by atoms with van der Waals surface area (Å²) >= 11 is 0. The molecule has 1 N–H and O–H groups in total. The number of anilines is 1. The Hall–Kier alpha value is -4.25. The highest BCUT2D eigenvalue weighted by Gasteiger charge is 2.21. The number of hydrogen-bond acceptors (Lipinski definition) is 5. The molecule has 7 nitrogen and oxygen atoms in total. The van der Waals surface area contributed by atoms with Crippen LogP contribution in [0, 0.1) is 24.1 Å². The van der Waals surface area contributed by atoms with Crippen molar-refractivity contribution in [1.29, 1.82) is 5.26 Å². The number of aromatic nitrogens is 3. The molecule has 0 atom stereocenters. The maximum absolute atomic E-state index is 15.0. The maximum atomic E-state index is 15.0. The fourth-order valence-electron chi connectivity index (χ4n) is 3.88. The van der Waals surface area contributed by atoms with E-state index in [2.05, 4.69) is 21.5 Å². The summed E-state index contributed by atoms with van der Waals surface area (Å²) in [7, 11) is 0. The molecule has 0 aliphatic carbocycles. The molecule has 2 heterocycles. The Bertz CT molecular complexity index is 1530. The predicted octanol–water partition coefficient (Wildman–Crippen LogP) is 6.41. The molecule has 0 saturated carbocycles. The molecule has 0 aliphatic rings. The van der Waals surface area contributed by atoms with Gasteiger partial charge in [-0.1, -0.05) is 6.07 Å². The molecule has 0 unspecified atom stereocenters. The SMILES string of the molecule is Cc1cc(CC(=O)Nc2cnn(C(C)(C)C)c2)c(F)cc1Oc1ccnc2ccc(C(C)(C)C#N)cc12. The summed E-state index contributed by atoms with van der Waals surface area (Å²) in [6.45, 7) is 11.5. The van der Waals surface area contributed by atoms with Gasteiger partial charge in [0.05, 0.1) is 40.8 Å². The van der Waals surface area contributed by atoms with Crippen LogP contribution in [-0.4, -0.2) is 20.7 Å². The average molecular weight is 500 g/mol. The van der Waals surface area contributed by atoms with Gasteiger partial charge >= 0.3 is 0 Å². The molecule has 8 heteroatoms. The van der Waals surface area contributed by atoms with E-state index in [1.165, 1.54) is 6.07 Å². The van der Waals surface area contributed by atoms with Crippen LogP contribution in [0.2, 0.25) is 0 Å². The van der Waals surface area contributed by atoms with Crippen molar-refractivity contribution in [3.63, 3.8) is 0 Å². The third kappa shape index (κ3) is 5.61. The van der Waals surface area contributed by atoms with Gasteiger partial charge in [0.1, 0.15) is 17.3 Å². The largest absolute Gasteiger partial charge is 0.456 e. The predicted molar refractivity (Wildman–Crippen MR) is 141 cm³/mol. The third-order valence-corrected chi connectivity index (χ3v) is 6.17. The lowest BCUT2D eigenvalue weighted by molar-refractivity contribution is -0.115. The monoisotopic (exact) mass is 499 g/mol. The number of nitrogens with zero attached hydrogens (tertiary/aromatic N) is 4. The van der Waals surface area contributed by atoms with Crippen molar-refractivity contribution in [2.45, 2.75) is 58.9 Å². The van der Waals surface area contributed by atoms with E-state index in [-0.39, 0.29) is 23.4 Å². The van der Waals surface area contributed by atoms with Crippen molar-refractivity contribution >= 4 is 22.5 Å². The van der Waals surface area contributed by atoms with Crippen LogP contribution in [0.4, 0.5) is 10.1 Å². The Labute approximate surface area is 215 Å². The molecule has 2 aromatic heterocycles. The number of ether oxygens (including phenoxy) is 1. The second-order valence-corrected chi connectivity index (χ2v) is 10.7. The number of aryl methyl sites for hydroxylation is 1. The first-order valence-corrected chi connectivity index (χ1v) is 12.0. The summed E-state index contributed by atoms with van der Waals surface area (Å²) in [5.41, 5.74) is 2.15. The summed E-state index contributed by atoms with van der Waals surface area (Å²) in [5, 5.41) is 17.3. The van der Waals surface area contributed by atoms with E-state index in [1.54, 1.807) is 42.3 Å². The van der Waals surface area contributed by atoms with E-state index < -0.39 is 11.2 Å². The van der Waals surface area contributed by atoms with Crippen LogP contribution in [0.5, 0.6) is 11.5 Å². The number of pyridine rings is 1. The minimum absolute atomic E-state index is 0.127. The Balaban J connectivity index is 1.55. The highest BCUT2D eigenvalue weighted by molar-refractivity contribution is 5.92. The van der Waals surface area contributed by atoms with Gasteiger partial charge in [0.25, 0.3) is 0 Å². The Kier molecular flexibility index (Phi) is 6.74. The quantitative estimate of drug-likeness (QED) is 0.331. The first-order valence-electron chi connectivity index (χ1n) is 12.0. The summed E-state index contributed by atoms with van der Waals surface area (Å²) in [6.07, 6.45) is 4.82. The number of carbonyl (C=O) groups is 1. The molecule has 4 rings (SSSR count). The number of carbonyl (C=O) groups excluding carboxylic acids is 1. The molecule has 37 heavy (non-hydrogen) atoms. The summed E-state index contributed by atoms with van der Waals surface area (Å²) < 4.78 is 22.9. The lowest BCUT2D eigenvalue weighted by atomic mass is 9.85. The Morgan fingerprint density at radius 1 is 1.14 bits per heavy atom. The topological polar surface area (TPSA) is 92.8 Å². The van der Waals surface area contributed by atoms with Crippen molar-refractivity contribution in [1.82, 2.24) is 14.8 Å². The highest BCUT2D eigenvalue weighted by Crippen LogP contribution is 2.34. The van der Waals surface area contributed by atoms with E-state index in [9.17, 15) is 10.1 Å². The number of nitrogens with one attached hydrogen (secondary N) is 1. The lowest BCUT2D eigenvalue weighted by Crippen LogP contribution is -2.22. The standard InChI is InChI=1S/C29H30FN5O2/c1-18-11-19(12-27(36)34-21-15-33-35(16-21)28(2,3)4)23(30)14-26(18)37-25-9-10-32-24-8-7-20(13-22(24)25)29(5,6)17-31/h7-11,13-16H,12H2,1-6H3,(H,34,36). The first-order chi connectivity index (χ1) is 17.4. The van der Waals surface area contributed by atoms with Gasteiger partial charge < -0.3 is 10.1 Å². The smallest absolute Gasteiger partial charge is 0.228 e. The summed E-state index contributed by atoms with van der Waals surface area (Å²) in [6, 6.07) is 12.5. The second-order valence-electron chi connectivity index (χ2n) is 10.7. The van der Waals surface area contributed by atoms with Gasteiger partial charge in [-0.25, -0.2) is 4.39 Å². The summed E-state index contributed by atoms with van der Waals surface area (Å²) in [5.74, 6) is -0.0333. The molecule has 4 aromatic rings. The number of hydrogen-bond donors (Lipinski definition) is 1. The lowest BCUT2D eigenvalue weighted by Gasteiger charge is -2.18. The van der Waals surface area contributed by atoms with Crippen molar-refractivity contribution in [3.05, 3.63) is 77.5 Å². The average Bonchev–Trinajstić information content (AvgIpc) is 3.31. The van der Waals surface area contributed by atoms with Gasteiger partial charge in [-0.15, -0.1) is 0 Å². The number of halogens is 1.